The number of hydrogen-bond donors (Lipinski definition) is 6. The fraction of sp³-hybridized carbons (Fsp3) is 0.368. The van der Waals surface area contributed by atoms with Crippen LogP contribution in [0.3, 0.4) is 0 Å². The molecular weight excluding hydrogens is 546 g/mol. The van der Waals surface area contributed by atoms with Crippen LogP contribution in [0.2, 0.25) is 0 Å². The van der Waals surface area contributed by atoms with Crippen LogP contribution in [0, 0.1) is 11.6 Å². The van der Waals surface area contributed by atoms with E-state index in [0.29, 0.717) is 11.5 Å². The average molecular weight is 567 g/mol. The summed E-state index contributed by atoms with van der Waals surface area (Å²) >= 11 is 3.61. The molecule has 0 radical (unpaired) electrons. The van der Waals surface area contributed by atoms with Gasteiger partial charge in [-0.1, -0.05) is 15.9 Å². The van der Waals surface area contributed by atoms with E-state index in [1.54, 1.807) is 0 Å². The Labute approximate surface area is 204 Å². The predicted octanol–water partition coefficient (Wildman–Crippen LogP) is 1.96. The van der Waals surface area contributed by atoms with Gasteiger partial charge in [0.1, 0.15) is 28.8 Å². The highest BCUT2D eigenvalue weighted by atomic mass is 79.9. The maximum atomic E-state index is 14.0. The first-order chi connectivity index (χ1) is 16.0. The minimum Gasteiger partial charge on any atom is -0.481 e. The van der Waals surface area contributed by atoms with Crippen molar-refractivity contribution in [2.24, 2.45) is 5.73 Å². The van der Waals surface area contributed by atoms with E-state index in [4.69, 9.17) is 15.6 Å². The highest BCUT2D eigenvalue weighted by Crippen LogP contribution is 2.31. The van der Waals surface area contributed by atoms with E-state index < -0.39 is 60.3 Å². The normalized spacial score (nSPS) is 12.6. The third-order valence-electron chi connectivity index (χ3n) is 4.31. The van der Waals surface area contributed by atoms with Crippen LogP contribution in [0.25, 0.3) is 0 Å². The van der Waals surface area contributed by atoms with E-state index >= 15 is 0 Å². The number of aliphatic hydroxyl groups excluding tert-OH is 2. The number of nitrogens with two attached hydrogens (primary N) is 1. The zero-order valence-corrected chi connectivity index (χ0v) is 19.8. The number of urea groups is 1. The Bertz CT molecular complexity index is 1030. The lowest BCUT2D eigenvalue weighted by Crippen LogP contribution is -2.32. The van der Waals surface area contributed by atoms with Gasteiger partial charge in [0, 0.05) is 11.0 Å². The summed E-state index contributed by atoms with van der Waals surface area (Å²) in [6, 6.07) is 1.30. The van der Waals surface area contributed by atoms with Gasteiger partial charge in [-0.2, -0.15) is 4.37 Å². The molecule has 0 fully saturated rings. The van der Waals surface area contributed by atoms with Gasteiger partial charge in [0.25, 0.3) is 5.91 Å². The van der Waals surface area contributed by atoms with Gasteiger partial charge in [0.15, 0.2) is 0 Å². The van der Waals surface area contributed by atoms with E-state index in [9.17, 15) is 33.4 Å². The number of anilines is 1. The van der Waals surface area contributed by atoms with Crippen molar-refractivity contribution in [1.82, 2.24) is 9.69 Å². The standard InChI is InChI=1S/C19H21BrF2N4O7S/c20-8-3-12(21)11(13(22)4-8)7-33-17-15(16(23)31)18(34-26-17)25-19(32)24-2-1-9(27)5-10(28)6-14(29)30/h3-4,9-10,27-28H,1-2,5-7H2,(H2,23,31)(H,29,30)(H2,24,25,32). The van der Waals surface area contributed by atoms with Crippen LogP contribution in [-0.4, -0.2) is 56.4 Å². The molecule has 0 bridgehead atoms. The van der Waals surface area contributed by atoms with E-state index in [1.807, 2.05) is 0 Å². The lowest BCUT2D eigenvalue weighted by Gasteiger charge is -2.14. The first kappa shape index (κ1) is 27.4. The van der Waals surface area contributed by atoms with Crippen molar-refractivity contribution in [2.45, 2.75) is 38.1 Å². The molecule has 2 unspecified atom stereocenters. The fourth-order valence-corrected chi connectivity index (χ4v) is 3.88. The molecule has 2 aromatic rings. The molecule has 0 saturated heterocycles. The molecule has 0 aliphatic rings. The third kappa shape index (κ3) is 8.16. The Hall–Kier alpha value is -2.88. The summed E-state index contributed by atoms with van der Waals surface area (Å²) in [7, 11) is 0. The van der Waals surface area contributed by atoms with Crippen molar-refractivity contribution in [3.8, 4) is 5.88 Å². The molecule has 1 heterocycles. The number of carboxylic acid groups (broad SMARTS) is 1. The van der Waals surface area contributed by atoms with Gasteiger partial charge in [0.05, 0.1) is 24.2 Å². The number of rotatable bonds is 12. The minimum absolute atomic E-state index is 0.0220. The lowest BCUT2D eigenvalue weighted by atomic mass is 10.1. The van der Waals surface area contributed by atoms with Crippen molar-refractivity contribution >= 4 is 50.4 Å². The number of aromatic nitrogens is 1. The Morgan fingerprint density at radius 1 is 1.21 bits per heavy atom. The van der Waals surface area contributed by atoms with Gasteiger partial charge in [-0.25, -0.2) is 13.6 Å². The maximum absolute atomic E-state index is 14.0. The van der Waals surface area contributed by atoms with Gasteiger partial charge in [0.2, 0.25) is 5.88 Å². The first-order valence-corrected chi connectivity index (χ1v) is 11.2. The molecule has 3 amide bonds. The topological polar surface area (TPSA) is 184 Å². The zero-order chi connectivity index (χ0) is 25.4. The Morgan fingerprint density at radius 3 is 2.44 bits per heavy atom. The number of primary amides is 1. The van der Waals surface area contributed by atoms with Gasteiger partial charge < -0.3 is 31.1 Å². The molecule has 34 heavy (non-hydrogen) atoms. The van der Waals surface area contributed by atoms with Gasteiger partial charge >= 0.3 is 12.0 Å². The summed E-state index contributed by atoms with van der Waals surface area (Å²) in [4.78, 5) is 34.5. The van der Waals surface area contributed by atoms with Crippen molar-refractivity contribution < 1.29 is 43.2 Å². The molecule has 11 nitrogen and oxygen atoms in total. The summed E-state index contributed by atoms with van der Waals surface area (Å²) in [5.74, 6) is -4.28. The van der Waals surface area contributed by atoms with Crippen LogP contribution < -0.4 is 21.1 Å². The quantitative estimate of drug-likeness (QED) is 0.225. The summed E-state index contributed by atoms with van der Waals surface area (Å²) in [6.45, 7) is -0.630. The minimum atomic E-state index is -1.23. The number of ether oxygens (including phenoxy) is 1. The third-order valence-corrected chi connectivity index (χ3v) is 5.51. The lowest BCUT2D eigenvalue weighted by molar-refractivity contribution is -0.139. The van der Waals surface area contributed by atoms with Gasteiger partial charge in [-0.05, 0) is 36.5 Å². The van der Waals surface area contributed by atoms with Crippen molar-refractivity contribution in [3.05, 3.63) is 39.4 Å². The van der Waals surface area contributed by atoms with E-state index in [0.717, 1.165) is 12.1 Å². The molecule has 7 N–H and O–H groups in total. The number of hydrogen-bond acceptors (Lipinski definition) is 8. The summed E-state index contributed by atoms with van der Waals surface area (Å²) in [5, 5.41) is 32.5. The monoisotopic (exact) mass is 566 g/mol. The number of aliphatic carboxylic acids is 1. The highest BCUT2D eigenvalue weighted by Gasteiger charge is 2.23. The van der Waals surface area contributed by atoms with Crippen LogP contribution in [0.15, 0.2) is 16.6 Å². The number of aliphatic hydroxyl groups is 2. The molecule has 0 aliphatic heterocycles. The average Bonchev–Trinajstić information content (AvgIpc) is 3.08. The number of carbonyl (C=O) groups is 3. The van der Waals surface area contributed by atoms with E-state index in [-0.39, 0.29) is 40.3 Å². The highest BCUT2D eigenvalue weighted by molar-refractivity contribution is 9.10. The number of nitrogens with one attached hydrogen (secondary N) is 2. The summed E-state index contributed by atoms with van der Waals surface area (Å²) in [5.41, 5.74) is 4.63. The number of carboxylic acids is 1. The van der Waals surface area contributed by atoms with Crippen LogP contribution in [0.1, 0.15) is 35.2 Å². The molecule has 0 aliphatic carbocycles. The van der Waals surface area contributed by atoms with Crippen molar-refractivity contribution in [3.63, 3.8) is 0 Å². The molecule has 0 saturated carbocycles. The molecule has 0 spiro atoms. The van der Waals surface area contributed by atoms with Crippen LogP contribution in [0.5, 0.6) is 5.88 Å². The fourth-order valence-electron chi connectivity index (χ4n) is 2.74. The van der Waals surface area contributed by atoms with Gasteiger partial charge in [-0.3, -0.25) is 14.9 Å². The molecule has 2 rings (SSSR count). The number of halogens is 3. The first-order valence-electron chi connectivity index (χ1n) is 9.66. The van der Waals surface area contributed by atoms with Crippen molar-refractivity contribution in [1.29, 1.82) is 0 Å². The molecule has 2 atom stereocenters. The zero-order valence-electron chi connectivity index (χ0n) is 17.4. The van der Waals surface area contributed by atoms with Crippen molar-refractivity contribution in [2.75, 3.05) is 11.9 Å². The Morgan fingerprint density at radius 2 is 1.85 bits per heavy atom. The summed E-state index contributed by atoms with van der Waals surface area (Å²) < 4.78 is 37.2. The Balaban J connectivity index is 1.93. The summed E-state index contributed by atoms with van der Waals surface area (Å²) in [6.07, 6.45) is -2.96. The van der Waals surface area contributed by atoms with Gasteiger partial charge in [-0.15, -0.1) is 0 Å². The maximum Gasteiger partial charge on any atom is 0.319 e. The Kier molecular flexibility index (Phi) is 10.1. The van der Waals surface area contributed by atoms with Crippen LogP contribution in [0.4, 0.5) is 18.6 Å². The van der Waals surface area contributed by atoms with E-state index in [2.05, 4.69) is 30.9 Å². The smallest absolute Gasteiger partial charge is 0.319 e. The number of amides is 3. The number of nitrogens with zero attached hydrogens (tertiary/aromatic N) is 1. The predicted molar refractivity (Wildman–Crippen MR) is 120 cm³/mol. The second-order valence-electron chi connectivity index (χ2n) is 7.00. The van der Waals surface area contributed by atoms with Crippen LogP contribution in [-0.2, 0) is 11.4 Å². The van der Waals surface area contributed by atoms with Crippen LogP contribution >= 0.6 is 27.5 Å². The number of benzene rings is 1. The second kappa shape index (κ2) is 12.5. The molecule has 186 valence electrons. The molecule has 15 heteroatoms. The van der Waals surface area contributed by atoms with E-state index in [1.165, 1.54) is 0 Å². The molecule has 1 aromatic carbocycles. The molecule has 1 aromatic heterocycles. The largest absolute Gasteiger partial charge is 0.481 e. The molecular formula is C19H21BrF2N4O7S. The second-order valence-corrected chi connectivity index (χ2v) is 8.69. The number of carbonyl (C=O) groups excluding carboxylic acids is 2. The SMILES string of the molecule is NC(=O)c1c(OCc2c(F)cc(Br)cc2F)nsc1NC(=O)NCCC(O)CC(O)CC(=O)O.